The van der Waals surface area contributed by atoms with Crippen LogP contribution in [0.25, 0.3) is 0 Å². The van der Waals surface area contributed by atoms with Crippen LogP contribution < -0.4 is 0 Å². The van der Waals surface area contributed by atoms with Crippen molar-refractivity contribution in [3.63, 3.8) is 0 Å². The Balaban J connectivity index is 1.92. The Kier molecular flexibility index (Phi) is 4.99. The molecular weight excluding hydrogens is 260 g/mol. The molecule has 0 amide bonds. The van der Waals surface area contributed by atoms with E-state index >= 15 is 0 Å². The maximum atomic E-state index is 10.9. The highest BCUT2D eigenvalue weighted by Crippen LogP contribution is 2.35. The lowest BCUT2D eigenvalue weighted by Gasteiger charge is -2.15. The van der Waals surface area contributed by atoms with E-state index in [1.54, 1.807) is 0 Å². The van der Waals surface area contributed by atoms with Gasteiger partial charge in [0.25, 0.3) is 10.1 Å². The summed E-state index contributed by atoms with van der Waals surface area (Å²) in [7, 11) is -3.30. The van der Waals surface area contributed by atoms with Gasteiger partial charge < -0.3 is 0 Å². The van der Waals surface area contributed by atoms with Gasteiger partial charge in [-0.2, -0.15) is 8.42 Å². The maximum Gasteiger partial charge on any atom is 0.264 e. The minimum absolute atomic E-state index is 0.276. The molecule has 0 heterocycles. The van der Waals surface area contributed by atoms with Gasteiger partial charge in [0, 0.05) is 0 Å². The molecule has 1 aliphatic carbocycles. The minimum atomic E-state index is -3.30. The average Bonchev–Trinajstić information content (AvgIpc) is 2.88. The molecule has 2 rings (SSSR count). The van der Waals surface area contributed by atoms with Crippen LogP contribution in [0.2, 0.25) is 0 Å². The number of aryl methyl sites for hydroxylation is 1. The van der Waals surface area contributed by atoms with Gasteiger partial charge in [-0.1, -0.05) is 37.1 Å². The summed E-state index contributed by atoms with van der Waals surface area (Å²) < 4.78 is 26.6. The van der Waals surface area contributed by atoms with E-state index in [0.29, 0.717) is 5.92 Å². The first-order chi connectivity index (χ1) is 9.06. The zero-order valence-corrected chi connectivity index (χ0v) is 12.3. The van der Waals surface area contributed by atoms with Gasteiger partial charge in [-0.25, -0.2) is 0 Å². The molecule has 0 bridgehead atoms. The Morgan fingerprint density at radius 3 is 2.58 bits per heavy atom. The third-order valence-electron chi connectivity index (χ3n) is 3.74. The third kappa shape index (κ3) is 4.62. The Morgan fingerprint density at radius 1 is 1.21 bits per heavy atom. The fourth-order valence-electron chi connectivity index (χ4n) is 2.87. The summed E-state index contributed by atoms with van der Waals surface area (Å²) in [6, 6.07) is 8.55. The van der Waals surface area contributed by atoms with Crippen molar-refractivity contribution in [2.24, 2.45) is 0 Å². The monoisotopic (exact) mass is 282 g/mol. The predicted molar refractivity (Wildman–Crippen MR) is 76.8 cm³/mol. The summed E-state index contributed by atoms with van der Waals surface area (Å²) in [5.74, 6) is 0.701. The average molecular weight is 282 g/mol. The SMILES string of the molecule is CS(=O)(=O)OCCCc1ccccc1C1CCCC1. The van der Waals surface area contributed by atoms with Gasteiger partial charge in [0.1, 0.15) is 0 Å². The largest absolute Gasteiger partial charge is 0.270 e. The van der Waals surface area contributed by atoms with Gasteiger partial charge in [-0.3, -0.25) is 4.18 Å². The maximum absolute atomic E-state index is 10.9. The molecule has 1 aromatic rings. The first-order valence-corrected chi connectivity index (χ1v) is 8.80. The zero-order valence-electron chi connectivity index (χ0n) is 11.5. The molecule has 0 atom stereocenters. The second-order valence-corrected chi connectivity index (χ2v) is 6.95. The number of benzene rings is 1. The highest BCUT2D eigenvalue weighted by Gasteiger charge is 2.19. The van der Waals surface area contributed by atoms with Crippen LogP contribution in [0.5, 0.6) is 0 Å². The molecule has 1 saturated carbocycles. The molecule has 0 aromatic heterocycles. The van der Waals surface area contributed by atoms with Gasteiger partial charge in [-0.15, -0.1) is 0 Å². The molecule has 1 aromatic carbocycles. The number of rotatable bonds is 6. The first kappa shape index (κ1) is 14.5. The van der Waals surface area contributed by atoms with E-state index in [2.05, 4.69) is 24.3 Å². The van der Waals surface area contributed by atoms with Crippen LogP contribution in [0.15, 0.2) is 24.3 Å². The molecule has 0 spiro atoms. The van der Waals surface area contributed by atoms with Crippen molar-refractivity contribution in [2.75, 3.05) is 12.9 Å². The predicted octanol–water partition coefficient (Wildman–Crippen LogP) is 3.25. The van der Waals surface area contributed by atoms with Crippen LogP contribution in [0, 0.1) is 0 Å². The molecule has 3 nitrogen and oxygen atoms in total. The van der Waals surface area contributed by atoms with Crippen LogP contribution in [0.4, 0.5) is 0 Å². The van der Waals surface area contributed by atoms with E-state index in [4.69, 9.17) is 4.18 Å². The lowest BCUT2D eigenvalue weighted by molar-refractivity contribution is 0.315. The van der Waals surface area contributed by atoms with E-state index < -0.39 is 10.1 Å². The first-order valence-electron chi connectivity index (χ1n) is 6.98. The molecule has 4 heteroatoms. The number of hydrogen-bond donors (Lipinski definition) is 0. The standard InChI is InChI=1S/C15H22O3S/c1-19(16,17)18-12-6-10-14-9-4-5-11-15(14)13-7-2-3-8-13/h4-5,9,11,13H,2-3,6-8,10,12H2,1H3. The topological polar surface area (TPSA) is 43.4 Å². The molecule has 0 saturated heterocycles. The highest BCUT2D eigenvalue weighted by molar-refractivity contribution is 7.85. The van der Waals surface area contributed by atoms with Gasteiger partial charge in [0.15, 0.2) is 0 Å². The van der Waals surface area contributed by atoms with E-state index in [9.17, 15) is 8.42 Å². The third-order valence-corrected chi connectivity index (χ3v) is 4.33. The summed E-state index contributed by atoms with van der Waals surface area (Å²) in [6.45, 7) is 0.276. The Bertz CT molecular complexity index is 502. The summed E-state index contributed by atoms with van der Waals surface area (Å²) >= 11 is 0. The lowest BCUT2D eigenvalue weighted by Crippen LogP contribution is -2.06. The quantitative estimate of drug-likeness (QED) is 0.594. The zero-order chi connectivity index (χ0) is 13.7. The van der Waals surface area contributed by atoms with Crippen molar-refractivity contribution < 1.29 is 12.6 Å². The molecule has 0 unspecified atom stereocenters. The van der Waals surface area contributed by atoms with Crippen molar-refractivity contribution in [3.05, 3.63) is 35.4 Å². The molecular formula is C15H22O3S. The normalized spacial score (nSPS) is 16.9. The summed E-state index contributed by atoms with van der Waals surface area (Å²) in [6.07, 6.45) is 7.97. The second kappa shape index (κ2) is 6.53. The molecule has 0 radical (unpaired) electrons. The molecule has 1 fully saturated rings. The van der Waals surface area contributed by atoms with Crippen LogP contribution in [0.1, 0.15) is 49.1 Å². The fourth-order valence-corrected chi connectivity index (χ4v) is 3.29. The smallest absolute Gasteiger partial charge is 0.264 e. The van der Waals surface area contributed by atoms with Gasteiger partial charge >= 0.3 is 0 Å². The van der Waals surface area contributed by atoms with Crippen LogP contribution in [-0.2, 0) is 20.7 Å². The fraction of sp³-hybridized carbons (Fsp3) is 0.600. The Morgan fingerprint density at radius 2 is 1.89 bits per heavy atom. The lowest BCUT2D eigenvalue weighted by atomic mass is 9.91. The molecule has 0 aliphatic heterocycles. The summed E-state index contributed by atoms with van der Waals surface area (Å²) in [5.41, 5.74) is 2.81. The Labute approximate surface area is 116 Å². The van der Waals surface area contributed by atoms with Gasteiger partial charge in [0.2, 0.25) is 0 Å². The minimum Gasteiger partial charge on any atom is -0.270 e. The van der Waals surface area contributed by atoms with Crippen LogP contribution in [-0.4, -0.2) is 21.3 Å². The van der Waals surface area contributed by atoms with Gasteiger partial charge in [-0.05, 0) is 42.7 Å². The molecule has 19 heavy (non-hydrogen) atoms. The van der Waals surface area contributed by atoms with E-state index in [1.165, 1.54) is 36.8 Å². The number of hydrogen-bond acceptors (Lipinski definition) is 3. The summed E-state index contributed by atoms with van der Waals surface area (Å²) in [4.78, 5) is 0. The van der Waals surface area contributed by atoms with Crippen molar-refractivity contribution in [2.45, 2.75) is 44.4 Å². The molecule has 1 aliphatic rings. The van der Waals surface area contributed by atoms with Crippen LogP contribution in [0.3, 0.4) is 0 Å². The highest BCUT2D eigenvalue weighted by atomic mass is 32.2. The second-order valence-electron chi connectivity index (χ2n) is 5.31. The Hall–Kier alpha value is -0.870. The van der Waals surface area contributed by atoms with Crippen molar-refractivity contribution in [1.29, 1.82) is 0 Å². The van der Waals surface area contributed by atoms with Crippen LogP contribution >= 0.6 is 0 Å². The van der Waals surface area contributed by atoms with Gasteiger partial charge in [0.05, 0.1) is 12.9 Å². The molecule has 0 N–H and O–H groups in total. The molecule has 106 valence electrons. The van der Waals surface area contributed by atoms with Crippen molar-refractivity contribution >= 4 is 10.1 Å². The van der Waals surface area contributed by atoms with E-state index in [-0.39, 0.29) is 6.61 Å². The van der Waals surface area contributed by atoms with Crippen molar-refractivity contribution in [1.82, 2.24) is 0 Å². The summed E-state index contributed by atoms with van der Waals surface area (Å²) in [5, 5.41) is 0. The van der Waals surface area contributed by atoms with Crippen molar-refractivity contribution in [3.8, 4) is 0 Å². The van der Waals surface area contributed by atoms with E-state index in [1.807, 2.05) is 0 Å². The van der Waals surface area contributed by atoms with E-state index in [0.717, 1.165) is 19.1 Å².